The van der Waals surface area contributed by atoms with Gasteiger partial charge in [-0.2, -0.15) is 0 Å². The largest absolute Gasteiger partial charge is 0.309 e. The molecule has 0 saturated carbocycles. The molecular weight excluding hydrogens is 675 g/mol. The molecule has 11 aromatic rings. The van der Waals surface area contributed by atoms with Crippen LogP contribution in [0.15, 0.2) is 212 Å². The van der Waals surface area contributed by atoms with Gasteiger partial charge in [0.2, 0.25) is 0 Å². The lowest BCUT2D eigenvalue weighted by atomic mass is 9.67. The molecule has 56 heavy (non-hydrogen) atoms. The second-order valence-electron chi connectivity index (χ2n) is 15.2. The van der Waals surface area contributed by atoms with E-state index in [2.05, 4.69) is 217 Å². The topological polar surface area (TPSA) is 4.93 Å². The molecule has 0 radical (unpaired) electrons. The molecule has 0 atom stereocenters. The van der Waals surface area contributed by atoms with Gasteiger partial charge in [0.15, 0.2) is 0 Å². The van der Waals surface area contributed by atoms with Crippen molar-refractivity contribution in [2.75, 3.05) is 0 Å². The molecule has 0 fully saturated rings. The van der Waals surface area contributed by atoms with Crippen LogP contribution in [0.4, 0.5) is 0 Å². The molecule has 0 bridgehead atoms. The Balaban J connectivity index is 1.17. The molecule has 1 aliphatic rings. The number of rotatable bonds is 4. The highest BCUT2D eigenvalue weighted by molar-refractivity contribution is 6.26. The van der Waals surface area contributed by atoms with Crippen molar-refractivity contribution in [2.24, 2.45) is 0 Å². The van der Waals surface area contributed by atoms with Crippen molar-refractivity contribution in [3.8, 4) is 27.9 Å². The average molecular weight is 710 g/mol. The normalized spacial score (nSPS) is 13.1. The second-order valence-corrected chi connectivity index (χ2v) is 15.2. The monoisotopic (exact) mass is 709 g/mol. The molecule has 1 heteroatoms. The van der Waals surface area contributed by atoms with Crippen LogP contribution in [0.5, 0.6) is 0 Å². The number of benzene rings is 10. The number of fused-ring (bicyclic) bond motifs is 13. The van der Waals surface area contributed by atoms with E-state index in [9.17, 15) is 0 Å². The minimum absolute atomic E-state index is 0.468. The molecule has 1 heterocycles. The lowest BCUT2D eigenvalue weighted by Gasteiger charge is -2.33. The summed E-state index contributed by atoms with van der Waals surface area (Å²) >= 11 is 0. The second kappa shape index (κ2) is 11.9. The SMILES string of the molecule is c1ccc(-n2c3ccc(-c4ccc5c6ccccc6c6ccccc6c5c4)cc3c3ccc4c(c32)-c2ccccc2C4(c2ccccc2)c2ccccc2)cc1. The summed E-state index contributed by atoms with van der Waals surface area (Å²) in [5.41, 5.74) is 13.4. The highest BCUT2D eigenvalue weighted by Crippen LogP contribution is 2.58. The maximum absolute atomic E-state index is 2.51. The van der Waals surface area contributed by atoms with E-state index in [1.165, 1.54) is 98.6 Å². The van der Waals surface area contributed by atoms with Crippen LogP contribution in [0.1, 0.15) is 22.3 Å². The van der Waals surface area contributed by atoms with E-state index in [0.29, 0.717) is 0 Å². The summed E-state index contributed by atoms with van der Waals surface area (Å²) < 4.78 is 2.51. The summed E-state index contributed by atoms with van der Waals surface area (Å²) in [6, 6.07) is 78.8. The first-order valence-electron chi connectivity index (χ1n) is 19.5. The van der Waals surface area contributed by atoms with E-state index in [1.54, 1.807) is 0 Å². The third-order valence-corrected chi connectivity index (χ3v) is 12.4. The van der Waals surface area contributed by atoms with Gasteiger partial charge in [0.1, 0.15) is 0 Å². The van der Waals surface area contributed by atoms with E-state index < -0.39 is 5.41 Å². The molecule has 0 spiro atoms. The highest BCUT2D eigenvalue weighted by Gasteiger charge is 2.47. The number of hydrogen-bond acceptors (Lipinski definition) is 0. The van der Waals surface area contributed by atoms with E-state index in [0.717, 1.165) is 5.69 Å². The predicted molar refractivity (Wildman–Crippen MR) is 236 cm³/mol. The van der Waals surface area contributed by atoms with Gasteiger partial charge >= 0.3 is 0 Å². The van der Waals surface area contributed by atoms with Gasteiger partial charge in [-0.3, -0.25) is 0 Å². The summed E-state index contributed by atoms with van der Waals surface area (Å²) in [5.74, 6) is 0. The molecule has 0 aliphatic heterocycles. The van der Waals surface area contributed by atoms with Crippen LogP contribution in [-0.4, -0.2) is 4.57 Å². The summed E-state index contributed by atoms with van der Waals surface area (Å²) in [6.07, 6.45) is 0. The van der Waals surface area contributed by atoms with Crippen LogP contribution in [-0.2, 0) is 5.41 Å². The maximum atomic E-state index is 2.51. The van der Waals surface area contributed by atoms with Gasteiger partial charge < -0.3 is 4.57 Å². The summed E-state index contributed by atoms with van der Waals surface area (Å²) in [7, 11) is 0. The fourth-order valence-electron chi connectivity index (χ4n) is 10.1. The minimum atomic E-state index is -0.468. The smallest absolute Gasteiger partial charge is 0.0714 e. The van der Waals surface area contributed by atoms with Crippen LogP contribution in [0.25, 0.3) is 82.1 Å². The Labute approximate surface area is 325 Å². The number of para-hydroxylation sites is 1. The lowest BCUT2D eigenvalue weighted by Crippen LogP contribution is -2.28. The summed E-state index contributed by atoms with van der Waals surface area (Å²) in [5, 5.41) is 10.3. The molecule has 1 aliphatic carbocycles. The van der Waals surface area contributed by atoms with Gasteiger partial charge in [-0.25, -0.2) is 0 Å². The van der Waals surface area contributed by atoms with Crippen molar-refractivity contribution in [3.63, 3.8) is 0 Å². The summed E-state index contributed by atoms with van der Waals surface area (Å²) in [4.78, 5) is 0. The Morgan fingerprint density at radius 3 is 1.45 bits per heavy atom. The maximum Gasteiger partial charge on any atom is 0.0714 e. The number of nitrogens with zero attached hydrogens (tertiary/aromatic N) is 1. The Morgan fingerprint density at radius 2 is 0.804 bits per heavy atom. The molecule has 0 N–H and O–H groups in total. The van der Waals surface area contributed by atoms with Crippen LogP contribution in [0, 0.1) is 0 Å². The van der Waals surface area contributed by atoms with Gasteiger partial charge in [-0.05, 0) is 102 Å². The Bertz CT molecular complexity index is 3260. The van der Waals surface area contributed by atoms with Gasteiger partial charge in [0, 0.05) is 22.0 Å². The molecule has 0 unspecified atom stereocenters. The zero-order valence-corrected chi connectivity index (χ0v) is 30.7. The summed E-state index contributed by atoms with van der Waals surface area (Å²) in [6.45, 7) is 0. The quantitative estimate of drug-likeness (QED) is 0.160. The fraction of sp³-hybridized carbons (Fsp3) is 0.0182. The van der Waals surface area contributed by atoms with Crippen LogP contribution < -0.4 is 0 Å². The standard InChI is InChI=1S/C55H35N/c1-4-16-38(17-5-1)55(39-18-6-2-7-19-39)50-27-15-14-26-47(50)53-51(55)32-31-46-49-35-37(29-33-52(49)56(54(46)53)40-20-8-3-9-21-40)36-28-30-45-43-24-11-10-22-41(43)42-23-12-13-25-44(42)48(45)34-36/h1-35H. The van der Waals surface area contributed by atoms with Gasteiger partial charge in [0.05, 0.1) is 16.4 Å². The first-order valence-corrected chi connectivity index (χ1v) is 19.5. The third-order valence-electron chi connectivity index (χ3n) is 12.4. The first-order chi connectivity index (χ1) is 27.8. The predicted octanol–water partition coefficient (Wildman–Crippen LogP) is 14.3. The Morgan fingerprint density at radius 1 is 0.321 bits per heavy atom. The van der Waals surface area contributed by atoms with E-state index >= 15 is 0 Å². The Kier molecular flexibility index (Phi) is 6.62. The van der Waals surface area contributed by atoms with Crippen molar-refractivity contribution in [1.82, 2.24) is 4.57 Å². The third kappa shape index (κ3) is 4.20. The van der Waals surface area contributed by atoms with Gasteiger partial charge in [-0.1, -0.05) is 182 Å². The average Bonchev–Trinajstić information content (AvgIpc) is 3.78. The van der Waals surface area contributed by atoms with E-state index in [-0.39, 0.29) is 0 Å². The van der Waals surface area contributed by atoms with Crippen molar-refractivity contribution < 1.29 is 0 Å². The molecule has 1 aromatic heterocycles. The van der Waals surface area contributed by atoms with Gasteiger partial charge in [-0.15, -0.1) is 0 Å². The van der Waals surface area contributed by atoms with Crippen molar-refractivity contribution in [2.45, 2.75) is 5.41 Å². The fourth-order valence-corrected chi connectivity index (χ4v) is 10.1. The van der Waals surface area contributed by atoms with Crippen LogP contribution in [0.3, 0.4) is 0 Å². The highest BCUT2D eigenvalue weighted by atomic mass is 15.0. The van der Waals surface area contributed by atoms with E-state index in [1.807, 2.05) is 0 Å². The number of hydrogen-bond donors (Lipinski definition) is 0. The zero-order chi connectivity index (χ0) is 36.8. The van der Waals surface area contributed by atoms with Crippen molar-refractivity contribution >= 4 is 54.1 Å². The van der Waals surface area contributed by atoms with Crippen molar-refractivity contribution in [3.05, 3.63) is 235 Å². The molecular formula is C55H35N. The minimum Gasteiger partial charge on any atom is -0.309 e. The zero-order valence-electron chi connectivity index (χ0n) is 30.7. The van der Waals surface area contributed by atoms with Gasteiger partial charge in [0.25, 0.3) is 0 Å². The van der Waals surface area contributed by atoms with Crippen LogP contribution >= 0.6 is 0 Å². The molecule has 10 aromatic carbocycles. The molecule has 0 amide bonds. The molecule has 0 saturated heterocycles. The molecule has 12 rings (SSSR count). The lowest BCUT2D eigenvalue weighted by molar-refractivity contribution is 0.769. The van der Waals surface area contributed by atoms with E-state index in [4.69, 9.17) is 0 Å². The van der Waals surface area contributed by atoms with Crippen LogP contribution in [0.2, 0.25) is 0 Å². The molecule has 260 valence electrons. The first kappa shape index (κ1) is 31.2. The number of aromatic nitrogens is 1. The molecule has 1 nitrogen and oxygen atoms in total. The van der Waals surface area contributed by atoms with Crippen molar-refractivity contribution in [1.29, 1.82) is 0 Å². The Hall–Kier alpha value is -7.22.